The van der Waals surface area contributed by atoms with Gasteiger partial charge in [0.1, 0.15) is 6.61 Å². The Balaban J connectivity index is 0.00000144. The van der Waals surface area contributed by atoms with Crippen molar-refractivity contribution in [2.75, 3.05) is 13.2 Å². The maximum absolute atomic E-state index is 11.7. The first-order valence-electron chi connectivity index (χ1n) is 5.62. The Bertz CT molecular complexity index is 331. The Morgan fingerprint density at radius 1 is 1.59 bits per heavy atom. The minimum absolute atomic E-state index is 0. The van der Waals surface area contributed by atoms with Crippen molar-refractivity contribution in [2.24, 2.45) is 17.3 Å². The normalized spacial score (nSPS) is 33.6. The highest BCUT2D eigenvalue weighted by Crippen LogP contribution is 2.40. The average Bonchev–Trinajstić information content (AvgIpc) is 2.96. The third-order valence-electron chi connectivity index (χ3n) is 3.34. The van der Waals surface area contributed by atoms with Crippen LogP contribution in [-0.4, -0.2) is 31.2 Å². The predicted molar refractivity (Wildman–Crippen MR) is 54.0 cm³/mol. The number of rotatable bonds is 3. The van der Waals surface area contributed by atoms with Gasteiger partial charge in [0.05, 0.1) is 12.5 Å². The van der Waals surface area contributed by atoms with Gasteiger partial charge in [0.25, 0.3) is 0 Å². The van der Waals surface area contributed by atoms with E-state index in [2.05, 4.69) is 5.73 Å². The van der Waals surface area contributed by atoms with Gasteiger partial charge in [0.15, 0.2) is 0 Å². The van der Waals surface area contributed by atoms with E-state index in [1.807, 2.05) is 13.8 Å². The van der Waals surface area contributed by atoms with E-state index < -0.39 is 17.5 Å². The van der Waals surface area contributed by atoms with Crippen LogP contribution in [0, 0.1) is 17.3 Å². The number of hydrogen-bond acceptors (Lipinski definition) is 4. The molecule has 2 fully saturated rings. The Morgan fingerprint density at radius 2 is 2.24 bits per heavy atom. The molecule has 98 valence electrons. The van der Waals surface area contributed by atoms with E-state index in [0.717, 1.165) is 13.0 Å². The molecule has 5 nitrogen and oxygen atoms in total. The number of esters is 2. The van der Waals surface area contributed by atoms with E-state index in [1.54, 1.807) is 0 Å². The summed E-state index contributed by atoms with van der Waals surface area (Å²) in [4.78, 5) is 23.1. The van der Waals surface area contributed by atoms with Crippen molar-refractivity contribution in [1.82, 2.24) is 0 Å². The van der Waals surface area contributed by atoms with Gasteiger partial charge >= 0.3 is 11.9 Å². The van der Waals surface area contributed by atoms with E-state index in [4.69, 9.17) is 9.47 Å². The van der Waals surface area contributed by atoms with Gasteiger partial charge in [-0.3, -0.25) is 4.79 Å². The Kier molecular flexibility index (Phi) is 4.04. The number of carbonyl (C=O) groups excluding carboxylic acids is 2. The van der Waals surface area contributed by atoms with Gasteiger partial charge < -0.3 is 27.6 Å². The molecule has 2 aliphatic rings. The third kappa shape index (κ3) is 2.72. The first-order valence-corrected chi connectivity index (χ1v) is 5.62. The van der Waals surface area contributed by atoms with Crippen molar-refractivity contribution in [1.29, 1.82) is 0 Å². The number of halogens is 1. The monoisotopic (exact) mass is 263 g/mol. The molecule has 1 aliphatic carbocycles. The molecule has 1 aliphatic heterocycles. The fourth-order valence-corrected chi connectivity index (χ4v) is 1.99. The first kappa shape index (κ1) is 14.3. The maximum Gasteiger partial charge on any atom is 0.348 e. The molecule has 3 N–H and O–H groups in total. The molecule has 0 radical (unpaired) electrons. The van der Waals surface area contributed by atoms with Gasteiger partial charge in [-0.2, -0.15) is 0 Å². The number of hydrogen-bond donors (Lipinski definition) is 1. The lowest BCUT2D eigenvalue weighted by Crippen LogP contribution is -3.00. The third-order valence-corrected chi connectivity index (χ3v) is 3.34. The molecule has 3 atom stereocenters. The van der Waals surface area contributed by atoms with Crippen LogP contribution in [0.1, 0.15) is 20.3 Å². The molecule has 1 saturated heterocycles. The van der Waals surface area contributed by atoms with E-state index in [0.29, 0.717) is 12.5 Å². The Hall–Kier alpha value is -0.810. The highest BCUT2D eigenvalue weighted by molar-refractivity contribution is 5.83. The van der Waals surface area contributed by atoms with Gasteiger partial charge in [-0.1, -0.05) is 13.8 Å². The molecule has 1 saturated carbocycles. The zero-order valence-corrected chi connectivity index (χ0v) is 10.8. The molecule has 17 heavy (non-hydrogen) atoms. The van der Waals surface area contributed by atoms with Crippen molar-refractivity contribution < 1.29 is 37.2 Å². The lowest BCUT2D eigenvalue weighted by atomic mass is 9.90. The summed E-state index contributed by atoms with van der Waals surface area (Å²) in [6.45, 7) is 4.79. The summed E-state index contributed by atoms with van der Waals surface area (Å²) in [6.07, 6.45) is 0.0934. The Morgan fingerprint density at radius 3 is 2.65 bits per heavy atom. The molecule has 0 aromatic rings. The fraction of sp³-hybridized carbons (Fsp3) is 0.818. The molecular weight excluding hydrogens is 246 g/mol. The summed E-state index contributed by atoms with van der Waals surface area (Å²) >= 11 is 0. The van der Waals surface area contributed by atoms with Crippen LogP contribution in [0.4, 0.5) is 0 Å². The lowest BCUT2D eigenvalue weighted by molar-refractivity contribution is -0.373. The summed E-state index contributed by atoms with van der Waals surface area (Å²) in [7, 11) is 0. The van der Waals surface area contributed by atoms with E-state index in [9.17, 15) is 9.59 Å². The predicted octanol–water partition coefficient (Wildman–Crippen LogP) is -3.64. The standard InChI is InChI=1S/C11H17NO4.ClH/c1-11(2)5-15-10(14)8(11)16-9(13)7-3-6(7)4-12;/h6-8H,3-5,12H2,1-2H3;1H/t6-,7-,8+;/m1./s1. The maximum atomic E-state index is 11.7. The van der Waals surface area contributed by atoms with Gasteiger partial charge in [-0.05, 0) is 6.42 Å². The van der Waals surface area contributed by atoms with E-state index in [-0.39, 0.29) is 24.3 Å². The van der Waals surface area contributed by atoms with Crippen molar-refractivity contribution in [3.63, 3.8) is 0 Å². The smallest absolute Gasteiger partial charge is 0.348 e. The second-order valence-electron chi connectivity index (χ2n) is 5.30. The summed E-state index contributed by atoms with van der Waals surface area (Å²) in [5.74, 6) is -0.412. The van der Waals surface area contributed by atoms with Gasteiger partial charge in [-0.15, -0.1) is 0 Å². The zero-order chi connectivity index (χ0) is 11.9. The average molecular weight is 264 g/mol. The second kappa shape index (κ2) is 4.82. The summed E-state index contributed by atoms with van der Waals surface area (Å²) in [5.41, 5.74) is 3.34. The molecule has 0 aromatic carbocycles. The topological polar surface area (TPSA) is 80.2 Å². The molecular formula is C11H18ClNO4. The van der Waals surface area contributed by atoms with Crippen molar-refractivity contribution >= 4 is 11.9 Å². The van der Waals surface area contributed by atoms with Gasteiger partial charge in [0, 0.05) is 11.3 Å². The van der Waals surface area contributed by atoms with Crippen LogP contribution in [0.3, 0.4) is 0 Å². The summed E-state index contributed by atoms with van der Waals surface area (Å²) in [6, 6.07) is 0. The van der Waals surface area contributed by atoms with Crippen molar-refractivity contribution in [2.45, 2.75) is 26.4 Å². The minimum Gasteiger partial charge on any atom is -1.00 e. The van der Waals surface area contributed by atoms with Crippen molar-refractivity contribution in [3.8, 4) is 0 Å². The number of carbonyl (C=O) groups is 2. The highest BCUT2D eigenvalue weighted by atomic mass is 35.5. The Labute approximate surface area is 106 Å². The van der Waals surface area contributed by atoms with Crippen molar-refractivity contribution in [3.05, 3.63) is 0 Å². The lowest BCUT2D eigenvalue weighted by Gasteiger charge is -2.21. The number of ether oxygens (including phenoxy) is 2. The SMILES string of the molecule is CC1(C)COC(=O)[C@@H]1OC(=O)[C@@H]1C[C@@H]1C[NH3+].[Cl-]. The van der Waals surface area contributed by atoms with E-state index >= 15 is 0 Å². The molecule has 0 aromatic heterocycles. The van der Waals surface area contributed by atoms with Gasteiger partial charge in [0.2, 0.25) is 6.10 Å². The first-order chi connectivity index (χ1) is 7.45. The molecule has 0 amide bonds. The molecule has 0 spiro atoms. The molecule has 0 unspecified atom stereocenters. The van der Waals surface area contributed by atoms with E-state index in [1.165, 1.54) is 0 Å². The second-order valence-corrected chi connectivity index (χ2v) is 5.30. The molecule has 0 bridgehead atoms. The number of cyclic esters (lactones) is 1. The van der Waals surface area contributed by atoms with Crippen LogP contribution in [0.15, 0.2) is 0 Å². The van der Waals surface area contributed by atoms with Crippen LogP contribution >= 0.6 is 0 Å². The number of quaternary nitrogens is 1. The van der Waals surface area contributed by atoms with Crippen LogP contribution < -0.4 is 18.1 Å². The molecule has 2 rings (SSSR count). The molecule has 1 heterocycles. The fourth-order valence-electron chi connectivity index (χ4n) is 1.99. The summed E-state index contributed by atoms with van der Waals surface area (Å²) in [5, 5.41) is 0. The minimum atomic E-state index is -0.744. The van der Waals surface area contributed by atoms with Crippen LogP contribution in [-0.2, 0) is 19.1 Å². The quantitative estimate of drug-likeness (QED) is 0.533. The van der Waals surface area contributed by atoms with Gasteiger partial charge in [-0.25, -0.2) is 4.79 Å². The van der Waals surface area contributed by atoms with Crippen LogP contribution in [0.2, 0.25) is 0 Å². The van der Waals surface area contributed by atoms with Crippen LogP contribution in [0.25, 0.3) is 0 Å². The zero-order valence-electron chi connectivity index (χ0n) is 10.1. The van der Waals surface area contributed by atoms with Crippen LogP contribution in [0.5, 0.6) is 0 Å². The molecule has 6 heteroatoms. The highest BCUT2D eigenvalue weighted by Gasteiger charge is 2.51. The summed E-state index contributed by atoms with van der Waals surface area (Å²) < 4.78 is 10.2. The largest absolute Gasteiger partial charge is 1.00 e.